The molecule has 6 nitrogen and oxygen atoms in total. The molecule has 146 valence electrons. The monoisotopic (exact) mass is 470 g/mol. The summed E-state index contributed by atoms with van der Waals surface area (Å²) in [6, 6.07) is 14.2. The number of ether oxygens (including phenoxy) is 1. The zero-order valence-corrected chi connectivity index (χ0v) is 17.5. The summed E-state index contributed by atoms with van der Waals surface area (Å²) in [6.45, 7) is -0.207. The highest BCUT2D eigenvalue weighted by atomic mass is 79.9. The Morgan fingerprint density at radius 2 is 2.00 bits per heavy atom. The standard InChI is InChI=1S/C21H15BrN2O4S/c1-2-10-24-20(26)18(29-21(24)27)12-14-8-9-17(16(22)11-14)28-13-19(25)23-15-6-4-3-5-7-15/h1,3-9,11-12H,10,13H2,(H,23,25)/b18-12+. The lowest BCUT2D eigenvalue weighted by molar-refractivity contribution is -0.122. The summed E-state index contributed by atoms with van der Waals surface area (Å²) in [6.07, 6.45) is 6.80. The van der Waals surface area contributed by atoms with Gasteiger partial charge in [-0.3, -0.25) is 19.3 Å². The summed E-state index contributed by atoms with van der Waals surface area (Å²) in [5.74, 6) is 2.08. The van der Waals surface area contributed by atoms with Crippen molar-refractivity contribution in [2.24, 2.45) is 0 Å². The van der Waals surface area contributed by atoms with Gasteiger partial charge in [-0.05, 0) is 63.6 Å². The first-order valence-corrected chi connectivity index (χ1v) is 10.0. The quantitative estimate of drug-likeness (QED) is 0.507. The highest BCUT2D eigenvalue weighted by molar-refractivity contribution is 9.10. The number of anilines is 1. The van der Waals surface area contributed by atoms with Crippen molar-refractivity contribution in [3.8, 4) is 18.1 Å². The van der Waals surface area contributed by atoms with Gasteiger partial charge in [0.25, 0.3) is 17.1 Å². The fourth-order valence-electron chi connectivity index (χ4n) is 2.46. The fraction of sp³-hybridized carbons (Fsp3) is 0.0952. The van der Waals surface area contributed by atoms with Gasteiger partial charge in [-0.15, -0.1) is 6.42 Å². The Balaban J connectivity index is 1.63. The number of nitrogens with one attached hydrogen (secondary N) is 1. The minimum absolute atomic E-state index is 0.0521. The number of hydrogen-bond acceptors (Lipinski definition) is 5. The second-order valence-electron chi connectivity index (χ2n) is 5.86. The van der Waals surface area contributed by atoms with Crippen LogP contribution in [0.4, 0.5) is 10.5 Å². The van der Waals surface area contributed by atoms with E-state index in [1.165, 1.54) is 0 Å². The molecule has 3 rings (SSSR count). The highest BCUT2D eigenvalue weighted by Gasteiger charge is 2.34. The fourth-order valence-corrected chi connectivity index (χ4v) is 3.81. The van der Waals surface area contributed by atoms with E-state index < -0.39 is 5.91 Å². The van der Waals surface area contributed by atoms with Crippen LogP contribution in [0.15, 0.2) is 57.9 Å². The first-order chi connectivity index (χ1) is 14.0. The summed E-state index contributed by atoms with van der Waals surface area (Å²) in [7, 11) is 0. The Kier molecular flexibility index (Phi) is 6.75. The number of para-hydroxylation sites is 1. The maximum Gasteiger partial charge on any atom is 0.294 e. The number of nitrogens with zero attached hydrogens (tertiary/aromatic N) is 1. The van der Waals surface area contributed by atoms with Crippen LogP contribution in [-0.4, -0.2) is 35.1 Å². The Morgan fingerprint density at radius 3 is 2.69 bits per heavy atom. The molecule has 2 aromatic carbocycles. The molecule has 0 unspecified atom stereocenters. The van der Waals surface area contributed by atoms with Crippen LogP contribution in [0.25, 0.3) is 6.08 Å². The van der Waals surface area contributed by atoms with Crippen molar-refractivity contribution in [1.82, 2.24) is 4.90 Å². The number of hydrogen-bond donors (Lipinski definition) is 1. The van der Waals surface area contributed by atoms with Crippen molar-refractivity contribution in [2.45, 2.75) is 0 Å². The van der Waals surface area contributed by atoms with Gasteiger partial charge in [-0.2, -0.15) is 0 Å². The van der Waals surface area contributed by atoms with Crippen LogP contribution in [0.3, 0.4) is 0 Å². The van der Waals surface area contributed by atoms with Gasteiger partial charge >= 0.3 is 0 Å². The molecule has 29 heavy (non-hydrogen) atoms. The van der Waals surface area contributed by atoms with E-state index in [0.717, 1.165) is 16.7 Å². The molecule has 1 N–H and O–H groups in total. The summed E-state index contributed by atoms with van der Waals surface area (Å²) in [5, 5.41) is 2.35. The number of carbonyl (C=O) groups is 3. The predicted octanol–water partition coefficient (Wildman–Crippen LogP) is 4.14. The molecule has 8 heteroatoms. The summed E-state index contributed by atoms with van der Waals surface area (Å²) in [5.41, 5.74) is 1.39. The molecule has 2 aromatic rings. The van der Waals surface area contributed by atoms with E-state index >= 15 is 0 Å². The maximum absolute atomic E-state index is 12.2. The van der Waals surface area contributed by atoms with Crippen molar-refractivity contribution in [3.63, 3.8) is 0 Å². The summed E-state index contributed by atoms with van der Waals surface area (Å²) in [4.78, 5) is 37.4. The number of thioether (sulfide) groups is 1. The SMILES string of the molecule is C#CCN1C(=O)S/C(=C/c2ccc(OCC(=O)Nc3ccccc3)c(Br)c2)C1=O. The molecule has 1 fully saturated rings. The van der Waals surface area contributed by atoms with E-state index in [9.17, 15) is 14.4 Å². The lowest BCUT2D eigenvalue weighted by Gasteiger charge is -2.10. The number of halogens is 1. The topological polar surface area (TPSA) is 75.7 Å². The zero-order chi connectivity index (χ0) is 20.8. The van der Waals surface area contributed by atoms with Crippen LogP contribution in [0.1, 0.15) is 5.56 Å². The van der Waals surface area contributed by atoms with Gasteiger partial charge in [0.1, 0.15) is 5.75 Å². The molecule has 1 saturated heterocycles. The van der Waals surface area contributed by atoms with Gasteiger partial charge in [-0.25, -0.2) is 0 Å². The number of amides is 3. The third-order valence-corrected chi connectivity index (χ3v) is 5.32. The Labute approximate surface area is 180 Å². The second-order valence-corrected chi connectivity index (χ2v) is 7.71. The average molecular weight is 471 g/mol. The Hall–Kier alpha value is -3.02. The van der Waals surface area contributed by atoms with Gasteiger partial charge in [0.15, 0.2) is 6.61 Å². The molecular formula is C21H15BrN2O4S. The zero-order valence-electron chi connectivity index (χ0n) is 15.1. The Morgan fingerprint density at radius 1 is 1.24 bits per heavy atom. The number of rotatable bonds is 6. The highest BCUT2D eigenvalue weighted by Crippen LogP contribution is 2.33. The normalized spacial score (nSPS) is 14.8. The van der Waals surface area contributed by atoms with Gasteiger partial charge in [-0.1, -0.05) is 30.2 Å². The lowest BCUT2D eigenvalue weighted by atomic mass is 10.2. The van der Waals surface area contributed by atoms with E-state index in [4.69, 9.17) is 11.2 Å². The van der Waals surface area contributed by atoms with Crippen molar-refractivity contribution in [1.29, 1.82) is 0 Å². The van der Waals surface area contributed by atoms with Crippen molar-refractivity contribution >= 4 is 56.5 Å². The number of benzene rings is 2. The number of carbonyl (C=O) groups excluding carboxylic acids is 3. The van der Waals surface area contributed by atoms with Gasteiger partial charge in [0.05, 0.1) is 15.9 Å². The molecule has 1 aliphatic heterocycles. The Bertz CT molecular complexity index is 1030. The minimum atomic E-state index is -0.410. The number of imide groups is 1. The third kappa shape index (κ3) is 5.28. The molecule has 1 aliphatic rings. The number of terminal acetylenes is 1. The van der Waals surface area contributed by atoms with Gasteiger partial charge in [0, 0.05) is 5.69 Å². The smallest absolute Gasteiger partial charge is 0.294 e. The van der Waals surface area contributed by atoms with Gasteiger partial charge < -0.3 is 10.1 Å². The average Bonchev–Trinajstić information content (AvgIpc) is 2.96. The first kappa shape index (κ1) is 20.7. The van der Waals surface area contributed by atoms with Crippen LogP contribution in [-0.2, 0) is 9.59 Å². The first-order valence-electron chi connectivity index (χ1n) is 8.44. The molecule has 0 aliphatic carbocycles. The summed E-state index contributed by atoms with van der Waals surface area (Å²) >= 11 is 4.24. The van der Waals surface area contributed by atoms with E-state index in [0.29, 0.717) is 26.4 Å². The van der Waals surface area contributed by atoms with Crippen LogP contribution < -0.4 is 10.1 Å². The van der Waals surface area contributed by atoms with E-state index in [1.54, 1.807) is 36.4 Å². The van der Waals surface area contributed by atoms with Crippen LogP contribution in [0.5, 0.6) is 5.75 Å². The van der Waals surface area contributed by atoms with Crippen molar-refractivity contribution in [3.05, 3.63) is 63.5 Å². The minimum Gasteiger partial charge on any atom is -0.483 e. The second kappa shape index (κ2) is 9.45. The van der Waals surface area contributed by atoms with Crippen LogP contribution >= 0.6 is 27.7 Å². The molecule has 0 saturated carbocycles. The van der Waals surface area contributed by atoms with Gasteiger partial charge in [0.2, 0.25) is 0 Å². The molecule has 0 spiro atoms. The van der Waals surface area contributed by atoms with E-state index in [-0.39, 0.29) is 24.3 Å². The van der Waals surface area contributed by atoms with E-state index in [1.807, 2.05) is 18.2 Å². The van der Waals surface area contributed by atoms with Crippen LogP contribution in [0.2, 0.25) is 0 Å². The molecule has 1 heterocycles. The summed E-state index contributed by atoms with van der Waals surface area (Å²) < 4.78 is 6.16. The molecule has 0 atom stereocenters. The largest absolute Gasteiger partial charge is 0.483 e. The molecular weight excluding hydrogens is 456 g/mol. The molecule has 0 radical (unpaired) electrons. The van der Waals surface area contributed by atoms with Crippen LogP contribution in [0, 0.1) is 12.3 Å². The van der Waals surface area contributed by atoms with Crippen molar-refractivity contribution < 1.29 is 19.1 Å². The lowest BCUT2D eigenvalue weighted by Crippen LogP contribution is -2.28. The predicted molar refractivity (Wildman–Crippen MR) is 116 cm³/mol. The molecule has 0 bridgehead atoms. The molecule has 0 aromatic heterocycles. The molecule has 3 amide bonds. The van der Waals surface area contributed by atoms with E-state index in [2.05, 4.69) is 27.2 Å². The van der Waals surface area contributed by atoms with Crippen molar-refractivity contribution in [2.75, 3.05) is 18.5 Å². The maximum atomic E-state index is 12.2. The third-order valence-electron chi connectivity index (χ3n) is 3.79.